The number of piperazine rings is 1. The average Bonchev–Trinajstić information content (AvgIpc) is 3.38. The lowest BCUT2D eigenvalue weighted by Crippen LogP contribution is -2.48. The highest BCUT2D eigenvalue weighted by atomic mass is 15.6. The molecule has 2 aromatic rings. The van der Waals surface area contributed by atoms with Gasteiger partial charge in [-0.3, -0.25) is 4.90 Å². The second-order valence-corrected chi connectivity index (χ2v) is 7.58. The topological polar surface area (TPSA) is 50.1 Å². The van der Waals surface area contributed by atoms with Gasteiger partial charge in [-0.05, 0) is 41.8 Å². The Bertz CT molecular complexity index is 671. The van der Waals surface area contributed by atoms with Gasteiger partial charge in [0.1, 0.15) is 0 Å². The van der Waals surface area contributed by atoms with E-state index in [-0.39, 0.29) is 0 Å². The van der Waals surface area contributed by atoms with E-state index >= 15 is 0 Å². The van der Waals surface area contributed by atoms with E-state index in [1.54, 1.807) is 0 Å². The first-order chi connectivity index (χ1) is 12.9. The Labute approximate surface area is 156 Å². The number of rotatable bonds is 6. The normalized spacial score (nSPS) is 20.6. The number of aromatic nitrogens is 4. The molecule has 1 aromatic carbocycles. The van der Waals surface area contributed by atoms with Crippen molar-refractivity contribution >= 4 is 5.69 Å². The number of nitrogens with zero attached hydrogens (tertiary/aromatic N) is 6. The summed E-state index contributed by atoms with van der Waals surface area (Å²) in [6.07, 6.45) is 7.33. The molecule has 0 amide bonds. The molecular weight excluding hydrogens is 324 g/mol. The molecule has 0 bridgehead atoms. The zero-order chi connectivity index (χ0) is 17.8. The predicted molar refractivity (Wildman–Crippen MR) is 103 cm³/mol. The number of anilines is 1. The fraction of sp³-hybridized carbons (Fsp3) is 0.650. The molecule has 1 aliphatic carbocycles. The van der Waals surface area contributed by atoms with E-state index in [9.17, 15) is 0 Å². The molecule has 0 unspecified atom stereocenters. The van der Waals surface area contributed by atoms with Crippen molar-refractivity contribution in [2.75, 3.05) is 31.1 Å². The second-order valence-electron chi connectivity index (χ2n) is 7.58. The Balaban J connectivity index is 1.47. The van der Waals surface area contributed by atoms with Crippen LogP contribution < -0.4 is 4.90 Å². The van der Waals surface area contributed by atoms with Gasteiger partial charge in [-0.15, -0.1) is 5.10 Å². The number of benzene rings is 1. The highest BCUT2D eigenvalue weighted by Crippen LogP contribution is 2.33. The summed E-state index contributed by atoms with van der Waals surface area (Å²) in [4.78, 5) is 5.08. The van der Waals surface area contributed by atoms with Gasteiger partial charge in [-0.25, -0.2) is 4.68 Å². The number of hydrogen-bond acceptors (Lipinski definition) is 5. The van der Waals surface area contributed by atoms with Crippen LogP contribution >= 0.6 is 0 Å². The summed E-state index contributed by atoms with van der Waals surface area (Å²) >= 11 is 0. The van der Waals surface area contributed by atoms with Gasteiger partial charge in [-0.2, -0.15) is 0 Å². The molecule has 2 fully saturated rings. The van der Waals surface area contributed by atoms with Gasteiger partial charge in [0.25, 0.3) is 0 Å². The molecule has 1 aliphatic heterocycles. The Hall–Kier alpha value is -1.95. The quantitative estimate of drug-likeness (QED) is 0.795. The van der Waals surface area contributed by atoms with E-state index in [0.717, 1.165) is 44.8 Å². The van der Waals surface area contributed by atoms with Crippen molar-refractivity contribution in [3.8, 4) is 0 Å². The zero-order valence-corrected chi connectivity index (χ0v) is 15.8. The third-order valence-electron chi connectivity index (χ3n) is 5.93. The zero-order valence-electron chi connectivity index (χ0n) is 15.8. The highest BCUT2D eigenvalue weighted by Gasteiger charge is 2.31. The van der Waals surface area contributed by atoms with Gasteiger partial charge in [-0.1, -0.05) is 44.4 Å². The first kappa shape index (κ1) is 17.5. The van der Waals surface area contributed by atoms with Crippen LogP contribution in [0.5, 0.6) is 0 Å². The molecule has 140 valence electrons. The van der Waals surface area contributed by atoms with Crippen molar-refractivity contribution < 1.29 is 0 Å². The second kappa shape index (κ2) is 8.16. The molecule has 26 heavy (non-hydrogen) atoms. The smallest absolute Gasteiger partial charge is 0.168 e. The van der Waals surface area contributed by atoms with Gasteiger partial charge in [0.15, 0.2) is 5.82 Å². The summed E-state index contributed by atoms with van der Waals surface area (Å²) in [5.41, 5.74) is 1.33. The number of hydrogen-bond donors (Lipinski definition) is 0. The van der Waals surface area contributed by atoms with E-state index in [1.165, 1.54) is 31.4 Å². The van der Waals surface area contributed by atoms with Gasteiger partial charge < -0.3 is 4.90 Å². The van der Waals surface area contributed by atoms with Crippen LogP contribution in [-0.4, -0.2) is 51.3 Å². The van der Waals surface area contributed by atoms with E-state index in [1.807, 2.05) is 0 Å². The van der Waals surface area contributed by atoms with Crippen LogP contribution in [0.1, 0.15) is 63.4 Å². The molecule has 0 radical (unpaired) electrons. The Morgan fingerprint density at radius 3 is 2.46 bits per heavy atom. The van der Waals surface area contributed by atoms with Crippen LogP contribution in [-0.2, 0) is 0 Å². The van der Waals surface area contributed by atoms with E-state index in [4.69, 9.17) is 0 Å². The van der Waals surface area contributed by atoms with Crippen LogP contribution in [0.4, 0.5) is 5.69 Å². The summed E-state index contributed by atoms with van der Waals surface area (Å²) in [6, 6.07) is 11.6. The number of tetrazole rings is 1. The van der Waals surface area contributed by atoms with Gasteiger partial charge in [0, 0.05) is 31.9 Å². The molecule has 0 spiro atoms. The van der Waals surface area contributed by atoms with Crippen LogP contribution in [0.2, 0.25) is 0 Å². The average molecular weight is 355 g/mol. The lowest BCUT2D eigenvalue weighted by atomic mass is 10.1. The molecule has 1 atom stereocenters. The largest absolute Gasteiger partial charge is 0.369 e. The maximum atomic E-state index is 4.48. The summed E-state index contributed by atoms with van der Waals surface area (Å²) in [6.45, 7) is 6.52. The van der Waals surface area contributed by atoms with Crippen molar-refractivity contribution in [2.24, 2.45) is 0 Å². The minimum absolute atomic E-state index is 0.341. The fourth-order valence-electron chi connectivity index (χ4n) is 4.51. The molecule has 6 heteroatoms. The van der Waals surface area contributed by atoms with Crippen LogP contribution in [0, 0.1) is 0 Å². The molecule has 1 saturated heterocycles. The minimum Gasteiger partial charge on any atom is -0.369 e. The van der Waals surface area contributed by atoms with Crippen LogP contribution in [0.15, 0.2) is 30.3 Å². The third kappa shape index (κ3) is 3.61. The summed E-state index contributed by atoms with van der Waals surface area (Å²) in [5.74, 6) is 1.09. The van der Waals surface area contributed by atoms with Gasteiger partial charge >= 0.3 is 0 Å². The Morgan fingerprint density at radius 1 is 1.04 bits per heavy atom. The number of para-hydroxylation sites is 1. The van der Waals surface area contributed by atoms with Crippen molar-refractivity contribution in [1.82, 2.24) is 25.1 Å². The van der Waals surface area contributed by atoms with E-state index < -0.39 is 0 Å². The van der Waals surface area contributed by atoms with Crippen molar-refractivity contribution in [3.63, 3.8) is 0 Å². The molecule has 0 N–H and O–H groups in total. The summed E-state index contributed by atoms with van der Waals surface area (Å²) in [5, 5.41) is 12.9. The van der Waals surface area contributed by atoms with Crippen molar-refractivity contribution in [1.29, 1.82) is 0 Å². The SMILES string of the molecule is CCC[C@@H](c1nnnn1C1CCCC1)N1CCN(c2ccccc2)CC1. The fourth-order valence-corrected chi connectivity index (χ4v) is 4.51. The summed E-state index contributed by atoms with van der Waals surface area (Å²) < 4.78 is 2.15. The molecule has 2 heterocycles. The van der Waals surface area contributed by atoms with Crippen molar-refractivity contribution in [2.45, 2.75) is 57.5 Å². The van der Waals surface area contributed by atoms with E-state index in [2.05, 4.69) is 67.3 Å². The first-order valence-electron chi connectivity index (χ1n) is 10.2. The maximum Gasteiger partial charge on any atom is 0.168 e. The third-order valence-corrected chi connectivity index (χ3v) is 5.93. The Kier molecular flexibility index (Phi) is 5.48. The molecule has 1 aromatic heterocycles. The lowest BCUT2D eigenvalue weighted by molar-refractivity contribution is 0.161. The summed E-state index contributed by atoms with van der Waals surface area (Å²) in [7, 11) is 0. The monoisotopic (exact) mass is 354 g/mol. The standard InChI is InChI=1S/C20H30N6/c1-2-8-19(20-21-22-23-26(20)18-11-6-7-12-18)25-15-13-24(14-16-25)17-9-4-3-5-10-17/h3-5,9-10,18-19H,2,6-8,11-16H2,1H3/t19-/m0/s1. The highest BCUT2D eigenvalue weighted by molar-refractivity contribution is 5.46. The molecule has 1 saturated carbocycles. The van der Waals surface area contributed by atoms with Gasteiger partial charge in [0.2, 0.25) is 0 Å². The van der Waals surface area contributed by atoms with Crippen molar-refractivity contribution in [3.05, 3.63) is 36.2 Å². The van der Waals surface area contributed by atoms with Crippen LogP contribution in [0.3, 0.4) is 0 Å². The molecular formula is C20H30N6. The van der Waals surface area contributed by atoms with E-state index in [0.29, 0.717) is 12.1 Å². The lowest BCUT2D eigenvalue weighted by Gasteiger charge is -2.40. The predicted octanol–water partition coefficient (Wildman–Crippen LogP) is 3.45. The molecule has 2 aliphatic rings. The van der Waals surface area contributed by atoms with Gasteiger partial charge in [0.05, 0.1) is 12.1 Å². The minimum atomic E-state index is 0.341. The maximum absolute atomic E-state index is 4.48. The Morgan fingerprint density at radius 2 is 1.77 bits per heavy atom. The molecule has 4 rings (SSSR count). The van der Waals surface area contributed by atoms with Crippen LogP contribution in [0.25, 0.3) is 0 Å². The first-order valence-corrected chi connectivity index (χ1v) is 10.2. The molecule has 6 nitrogen and oxygen atoms in total.